The molecule has 0 aromatic heterocycles. The predicted octanol–water partition coefficient (Wildman–Crippen LogP) is 12.1. The van der Waals surface area contributed by atoms with Crippen LogP contribution in [0.1, 0.15) is 63.5 Å². The Labute approximate surface area is 244 Å². The van der Waals surface area contributed by atoms with Gasteiger partial charge in [0.05, 0.1) is 0 Å². The molecular weight excluding hydrogens is 496 g/mol. The molecule has 1 nitrogen and oxygen atoms in total. The molecule has 2 unspecified atom stereocenters. The Bertz CT molecular complexity index is 1660. The van der Waals surface area contributed by atoms with Crippen molar-refractivity contribution in [1.82, 2.24) is 0 Å². The van der Waals surface area contributed by atoms with Gasteiger partial charge in [0, 0.05) is 21.9 Å². The fraction of sp³-hybridized carbons (Fsp3) is 0.200. The van der Waals surface area contributed by atoms with Gasteiger partial charge < -0.3 is 4.74 Å². The molecule has 41 heavy (non-hydrogen) atoms. The smallest absolute Gasteiger partial charge is 0.143 e. The third-order valence-electron chi connectivity index (χ3n) is 8.77. The topological polar surface area (TPSA) is 9.23 Å². The van der Waals surface area contributed by atoms with E-state index in [4.69, 9.17) is 4.74 Å². The number of hydrogen-bond acceptors (Lipinski definition) is 1. The molecule has 0 fully saturated rings. The van der Waals surface area contributed by atoms with Crippen molar-refractivity contribution in [3.8, 4) is 33.8 Å². The molecule has 0 saturated carbocycles. The van der Waals surface area contributed by atoms with Crippen LogP contribution in [-0.2, 0) is 0 Å². The van der Waals surface area contributed by atoms with E-state index in [1.807, 2.05) is 0 Å². The first-order chi connectivity index (χ1) is 20.1. The summed E-state index contributed by atoms with van der Waals surface area (Å²) in [5.74, 6) is 2.88. The Morgan fingerprint density at radius 2 is 0.854 bits per heavy atom. The Kier molecular flexibility index (Phi) is 7.61. The van der Waals surface area contributed by atoms with Gasteiger partial charge in [-0.25, -0.2) is 0 Å². The van der Waals surface area contributed by atoms with Gasteiger partial charge in [0.15, 0.2) is 0 Å². The van der Waals surface area contributed by atoms with Crippen LogP contribution in [0.25, 0.3) is 43.8 Å². The molecule has 0 aliphatic rings. The highest BCUT2D eigenvalue weighted by Crippen LogP contribution is 2.45. The maximum absolute atomic E-state index is 7.17. The van der Waals surface area contributed by atoms with Crippen LogP contribution >= 0.6 is 0 Å². The summed E-state index contributed by atoms with van der Waals surface area (Å²) in [6.07, 6.45) is 2.26. The monoisotopic (exact) mass is 534 g/mol. The molecule has 0 aliphatic heterocycles. The highest BCUT2D eigenvalue weighted by atomic mass is 16.5. The van der Waals surface area contributed by atoms with E-state index in [2.05, 4.69) is 149 Å². The molecule has 2 atom stereocenters. The zero-order valence-electron chi connectivity index (χ0n) is 24.5. The molecule has 0 aliphatic carbocycles. The second-order valence-corrected chi connectivity index (χ2v) is 11.3. The molecule has 0 radical (unpaired) electrons. The van der Waals surface area contributed by atoms with Gasteiger partial charge in [-0.2, -0.15) is 0 Å². The predicted molar refractivity (Wildman–Crippen MR) is 176 cm³/mol. The SMILES string of the molecule is CCC(C)c1ccc(-c2ccc3ccccc3c2Oc2c(-c3ccc(C(C)CC)cc3)ccc3ccccc23)cc1. The van der Waals surface area contributed by atoms with Crippen LogP contribution in [0.15, 0.2) is 121 Å². The van der Waals surface area contributed by atoms with Gasteiger partial charge in [-0.3, -0.25) is 0 Å². The average Bonchev–Trinajstić information content (AvgIpc) is 3.04. The number of fused-ring (bicyclic) bond motifs is 2. The van der Waals surface area contributed by atoms with Crippen molar-refractivity contribution in [1.29, 1.82) is 0 Å². The van der Waals surface area contributed by atoms with Crippen LogP contribution in [-0.4, -0.2) is 0 Å². The van der Waals surface area contributed by atoms with Crippen molar-refractivity contribution in [2.45, 2.75) is 52.4 Å². The van der Waals surface area contributed by atoms with E-state index in [0.717, 1.165) is 57.4 Å². The van der Waals surface area contributed by atoms with Crippen molar-refractivity contribution in [2.75, 3.05) is 0 Å². The van der Waals surface area contributed by atoms with E-state index < -0.39 is 0 Å². The fourth-order valence-corrected chi connectivity index (χ4v) is 5.72. The van der Waals surface area contributed by atoms with Crippen molar-refractivity contribution in [3.05, 3.63) is 132 Å². The van der Waals surface area contributed by atoms with Crippen LogP contribution in [0.4, 0.5) is 0 Å². The van der Waals surface area contributed by atoms with Gasteiger partial charge in [0.25, 0.3) is 0 Å². The molecule has 0 heterocycles. The van der Waals surface area contributed by atoms with Crippen LogP contribution in [0.2, 0.25) is 0 Å². The second-order valence-electron chi connectivity index (χ2n) is 11.3. The summed E-state index contributed by atoms with van der Waals surface area (Å²) in [6, 6.07) is 43.9. The number of ether oxygens (including phenoxy) is 1. The van der Waals surface area contributed by atoms with E-state index in [-0.39, 0.29) is 0 Å². The fourth-order valence-electron chi connectivity index (χ4n) is 5.72. The third kappa shape index (κ3) is 5.25. The molecule has 0 N–H and O–H groups in total. The Morgan fingerprint density at radius 3 is 1.24 bits per heavy atom. The van der Waals surface area contributed by atoms with Gasteiger partial charge in [0.2, 0.25) is 0 Å². The minimum Gasteiger partial charge on any atom is -0.455 e. The molecule has 6 aromatic rings. The Balaban J connectivity index is 1.54. The number of hydrogen-bond donors (Lipinski definition) is 0. The maximum Gasteiger partial charge on any atom is 0.143 e. The first-order valence-electron chi connectivity index (χ1n) is 15.0. The molecule has 0 bridgehead atoms. The second kappa shape index (κ2) is 11.6. The molecular formula is C40H38O. The van der Waals surface area contributed by atoms with Crippen molar-refractivity contribution < 1.29 is 4.74 Å². The molecule has 204 valence electrons. The van der Waals surface area contributed by atoms with Crippen LogP contribution < -0.4 is 4.74 Å². The average molecular weight is 535 g/mol. The first-order valence-corrected chi connectivity index (χ1v) is 15.0. The number of rotatable bonds is 8. The van der Waals surface area contributed by atoms with Gasteiger partial charge in [-0.05, 0) is 69.8 Å². The Morgan fingerprint density at radius 1 is 0.463 bits per heavy atom. The lowest BCUT2D eigenvalue weighted by Gasteiger charge is -2.20. The van der Waals surface area contributed by atoms with Crippen molar-refractivity contribution in [3.63, 3.8) is 0 Å². The van der Waals surface area contributed by atoms with E-state index in [0.29, 0.717) is 11.8 Å². The Hall–Kier alpha value is -4.36. The molecule has 0 spiro atoms. The molecule has 0 saturated heterocycles. The summed E-state index contributed by atoms with van der Waals surface area (Å²) < 4.78 is 7.17. The lowest BCUT2D eigenvalue weighted by Crippen LogP contribution is -1.96. The van der Waals surface area contributed by atoms with Gasteiger partial charge in [-0.1, -0.05) is 137 Å². The standard InChI is InChI=1S/C40H38O/c1-5-27(3)29-15-19-33(20-16-29)37-25-23-31-11-7-9-13-35(31)39(37)41-40-36-14-10-8-12-32(36)24-26-38(40)34-21-17-30(18-22-34)28(4)6-2/h7-28H,5-6H2,1-4H3. The van der Waals surface area contributed by atoms with Crippen LogP contribution in [0.3, 0.4) is 0 Å². The van der Waals surface area contributed by atoms with E-state index in [9.17, 15) is 0 Å². The molecule has 0 amide bonds. The van der Waals surface area contributed by atoms with Crippen molar-refractivity contribution in [2.24, 2.45) is 0 Å². The lowest BCUT2D eigenvalue weighted by molar-refractivity contribution is 0.497. The summed E-state index contributed by atoms with van der Waals surface area (Å²) in [5, 5.41) is 4.56. The molecule has 1 heteroatoms. The normalized spacial score (nSPS) is 12.9. The third-order valence-corrected chi connectivity index (χ3v) is 8.77. The summed E-state index contributed by atoms with van der Waals surface area (Å²) in [4.78, 5) is 0. The summed E-state index contributed by atoms with van der Waals surface area (Å²) in [5.41, 5.74) is 7.28. The molecule has 6 rings (SSSR count). The quantitative estimate of drug-likeness (QED) is 0.189. The zero-order valence-corrected chi connectivity index (χ0v) is 24.5. The minimum atomic E-state index is 0.543. The summed E-state index contributed by atoms with van der Waals surface area (Å²) >= 11 is 0. The van der Waals surface area contributed by atoms with E-state index in [1.54, 1.807) is 0 Å². The van der Waals surface area contributed by atoms with Crippen molar-refractivity contribution >= 4 is 21.5 Å². The van der Waals surface area contributed by atoms with E-state index >= 15 is 0 Å². The first kappa shape index (κ1) is 26.8. The van der Waals surface area contributed by atoms with E-state index in [1.165, 1.54) is 21.9 Å². The lowest BCUT2D eigenvalue weighted by atomic mass is 9.93. The highest BCUT2D eigenvalue weighted by molar-refractivity contribution is 5.99. The summed E-state index contributed by atoms with van der Waals surface area (Å²) in [6.45, 7) is 9.06. The van der Waals surface area contributed by atoms with Gasteiger partial charge >= 0.3 is 0 Å². The molecule has 6 aromatic carbocycles. The highest BCUT2D eigenvalue weighted by Gasteiger charge is 2.18. The van der Waals surface area contributed by atoms with Crippen LogP contribution in [0.5, 0.6) is 11.5 Å². The number of benzene rings is 6. The zero-order chi connectivity index (χ0) is 28.3. The minimum absolute atomic E-state index is 0.543. The van der Waals surface area contributed by atoms with Gasteiger partial charge in [0.1, 0.15) is 11.5 Å². The van der Waals surface area contributed by atoms with Crippen LogP contribution in [0, 0.1) is 0 Å². The maximum atomic E-state index is 7.17. The summed E-state index contributed by atoms with van der Waals surface area (Å²) in [7, 11) is 0. The largest absolute Gasteiger partial charge is 0.455 e. The van der Waals surface area contributed by atoms with Gasteiger partial charge in [-0.15, -0.1) is 0 Å².